The van der Waals surface area contributed by atoms with E-state index >= 15 is 0 Å². The van der Waals surface area contributed by atoms with E-state index in [9.17, 15) is 18.4 Å². The summed E-state index contributed by atoms with van der Waals surface area (Å²) < 4.78 is 25.9. The highest BCUT2D eigenvalue weighted by Gasteiger charge is 2.22. The number of likely N-dealkylation sites (tertiary alicyclic amines) is 1. The first-order chi connectivity index (χ1) is 8.06. The third kappa shape index (κ3) is 2.67. The van der Waals surface area contributed by atoms with Gasteiger partial charge in [0.15, 0.2) is 0 Å². The predicted molar refractivity (Wildman–Crippen MR) is 56.5 cm³/mol. The van der Waals surface area contributed by atoms with Crippen molar-refractivity contribution in [1.82, 2.24) is 4.90 Å². The summed E-state index contributed by atoms with van der Waals surface area (Å²) in [7, 11) is 0. The zero-order valence-electron chi connectivity index (χ0n) is 9.08. The van der Waals surface area contributed by atoms with Crippen LogP contribution in [-0.2, 0) is 4.79 Å². The lowest BCUT2D eigenvalue weighted by molar-refractivity contribution is -0.120. The van der Waals surface area contributed by atoms with E-state index in [1.165, 1.54) is 4.90 Å². The first-order valence-electron chi connectivity index (χ1n) is 5.33. The van der Waals surface area contributed by atoms with Crippen LogP contribution in [0.1, 0.15) is 23.2 Å². The van der Waals surface area contributed by atoms with Crippen molar-refractivity contribution in [2.24, 2.45) is 0 Å². The van der Waals surface area contributed by atoms with E-state index in [-0.39, 0.29) is 11.3 Å². The lowest BCUT2D eigenvalue weighted by atomic mass is 10.1. The van der Waals surface area contributed by atoms with Gasteiger partial charge in [0.05, 0.1) is 0 Å². The standard InChI is InChI=1S/C12H11F2NO2/c13-9-5-8(6-10(14)7-9)12(17)15-3-1-11(16)2-4-15/h5-7H,1-4H2. The molecule has 0 atom stereocenters. The average molecular weight is 239 g/mol. The van der Waals surface area contributed by atoms with Gasteiger partial charge >= 0.3 is 0 Å². The molecule has 1 amide bonds. The highest BCUT2D eigenvalue weighted by molar-refractivity contribution is 5.95. The number of hydrogen-bond acceptors (Lipinski definition) is 2. The molecule has 90 valence electrons. The van der Waals surface area contributed by atoms with Crippen LogP contribution in [0.4, 0.5) is 8.78 Å². The summed E-state index contributed by atoms with van der Waals surface area (Å²) in [5.74, 6) is -1.88. The minimum Gasteiger partial charge on any atom is -0.338 e. The van der Waals surface area contributed by atoms with Gasteiger partial charge in [-0.05, 0) is 12.1 Å². The van der Waals surface area contributed by atoms with Crippen LogP contribution in [0.2, 0.25) is 0 Å². The average Bonchev–Trinajstić information content (AvgIpc) is 2.28. The van der Waals surface area contributed by atoms with Crippen LogP contribution in [0.25, 0.3) is 0 Å². The monoisotopic (exact) mass is 239 g/mol. The Labute approximate surface area is 97.0 Å². The molecule has 1 aromatic rings. The number of hydrogen-bond donors (Lipinski definition) is 0. The molecule has 5 heteroatoms. The molecule has 1 heterocycles. The molecule has 0 unspecified atom stereocenters. The summed E-state index contributed by atoms with van der Waals surface area (Å²) >= 11 is 0. The van der Waals surface area contributed by atoms with E-state index in [1.54, 1.807) is 0 Å². The van der Waals surface area contributed by atoms with E-state index in [0.29, 0.717) is 25.9 Å². The highest BCUT2D eigenvalue weighted by atomic mass is 19.1. The molecule has 17 heavy (non-hydrogen) atoms. The molecule has 1 aliphatic heterocycles. The summed E-state index contributed by atoms with van der Waals surface area (Å²) in [5.41, 5.74) is -0.0168. The van der Waals surface area contributed by atoms with Gasteiger partial charge in [-0.15, -0.1) is 0 Å². The Hall–Kier alpha value is -1.78. The molecule has 0 saturated carbocycles. The minimum absolute atomic E-state index is 0.0168. The number of Topliss-reactive ketones (excluding diaryl/α,β-unsaturated/α-hetero) is 1. The normalized spacial score (nSPS) is 16.1. The quantitative estimate of drug-likeness (QED) is 0.749. The van der Waals surface area contributed by atoms with Gasteiger partial charge in [-0.1, -0.05) is 0 Å². The maximum Gasteiger partial charge on any atom is 0.254 e. The van der Waals surface area contributed by atoms with E-state index in [4.69, 9.17) is 0 Å². The fourth-order valence-corrected chi connectivity index (χ4v) is 1.82. The second-order valence-electron chi connectivity index (χ2n) is 3.99. The van der Waals surface area contributed by atoms with Crippen molar-refractivity contribution in [2.45, 2.75) is 12.8 Å². The maximum absolute atomic E-state index is 13.0. The molecule has 2 rings (SSSR count). The van der Waals surface area contributed by atoms with Crippen LogP contribution >= 0.6 is 0 Å². The Bertz CT molecular complexity index is 443. The molecule has 1 aromatic carbocycles. The van der Waals surface area contributed by atoms with E-state index in [1.807, 2.05) is 0 Å². The summed E-state index contributed by atoms with van der Waals surface area (Å²) in [6.07, 6.45) is 0.618. The van der Waals surface area contributed by atoms with Crippen molar-refractivity contribution in [3.63, 3.8) is 0 Å². The molecule has 1 saturated heterocycles. The zero-order chi connectivity index (χ0) is 12.4. The van der Waals surface area contributed by atoms with Gasteiger partial charge < -0.3 is 4.90 Å². The number of halogens is 2. The number of piperidine rings is 1. The van der Waals surface area contributed by atoms with Crippen LogP contribution in [-0.4, -0.2) is 29.7 Å². The molecule has 0 radical (unpaired) electrons. The van der Waals surface area contributed by atoms with Gasteiger partial charge in [0.2, 0.25) is 0 Å². The first-order valence-corrected chi connectivity index (χ1v) is 5.33. The molecule has 0 N–H and O–H groups in total. The highest BCUT2D eigenvalue weighted by Crippen LogP contribution is 2.14. The van der Waals surface area contributed by atoms with Crippen LogP contribution < -0.4 is 0 Å². The topological polar surface area (TPSA) is 37.4 Å². The lowest BCUT2D eigenvalue weighted by Gasteiger charge is -2.26. The molecule has 0 bridgehead atoms. The molecular weight excluding hydrogens is 228 g/mol. The fraction of sp³-hybridized carbons (Fsp3) is 0.333. The largest absolute Gasteiger partial charge is 0.338 e. The van der Waals surface area contributed by atoms with Crippen LogP contribution in [0.15, 0.2) is 18.2 Å². The molecule has 0 aromatic heterocycles. The molecule has 1 fully saturated rings. The molecule has 0 spiro atoms. The number of rotatable bonds is 1. The van der Waals surface area contributed by atoms with Gasteiger partial charge in [0, 0.05) is 37.6 Å². The molecule has 1 aliphatic rings. The maximum atomic E-state index is 13.0. The second-order valence-corrected chi connectivity index (χ2v) is 3.99. The van der Waals surface area contributed by atoms with Crippen molar-refractivity contribution in [3.8, 4) is 0 Å². The van der Waals surface area contributed by atoms with Gasteiger partial charge in [0.1, 0.15) is 17.4 Å². The summed E-state index contributed by atoms with van der Waals surface area (Å²) in [6, 6.07) is 2.72. The van der Waals surface area contributed by atoms with Gasteiger partial charge in [0.25, 0.3) is 5.91 Å². The Morgan fingerprint density at radius 3 is 2.12 bits per heavy atom. The third-order valence-corrected chi connectivity index (χ3v) is 2.72. The number of ketones is 1. The van der Waals surface area contributed by atoms with Crippen molar-refractivity contribution in [2.75, 3.05) is 13.1 Å². The summed E-state index contributed by atoms with van der Waals surface area (Å²) in [5, 5.41) is 0. The molecule has 0 aliphatic carbocycles. The van der Waals surface area contributed by atoms with Crippen LogP contribution in [0.5, 0.6) is 0 Å². The smallest absolute Gasteiger partial charge is 0.254 e. The van der Waals surface area contributed by atoms with Crippen molar-refractivity contribution >= 4 is 11.7 Å². The Balaban J connectivity index is 2.16. The Morgan fingerprint density at radius 1 is 1.06 bits per heavy atom. The number of nitrogens with zero attached hydrogens (tertiary/aromatic N) is 1. The van der Waals surface area contributed by atoms with Crippen molar-refractivity contribution < 1.29 is 18.4 Å². The molecule has 3 nitrogen and oxygen atoms in total. The number of amides is 1. The third-order valence-electron chi connectivity index (χ3n) is 2.72. The van der Waals surface area contributed by atoms with Gasteiger partial charge in [-0.2, -0.15) is 0 Å². The first kappa shape index (κ1) is 11.7. The Morgan fingerprint density at radius 2 is 1.59 bits per heavy atom. The van der Waals surface area contributed by atoms with Gasteiger partial charge in [-0.3, -0.25) is 9.59 Å². The Kier molecular flexibility index (Phi) is 3.17. The van der Waals surface area contributed by atoms with Crippen LogP contribution in [0, 0.1) is 11.6 Å². The van der Waals surface area contributed by atoms with Crippen LogP contribution in [0.3, 0.4) is 0 Å². The zero-order valence-corrected chi connectivity index (χ0v) is 9.08. The minimum atomic E-state index is -0.776. The van der Waals surface area contributed by atoms with E-state index in [0.717, 1.165) is 18.2 Å². The van der Waals surface area contributed by atoms with E-state index < -0.39 is 17.5 Å². The van der Waals surface area contributed by atoms with Crippen molar-refractivity contribution in [1.29, 1.82) is 0 Å². The fourth-order valence-electron chi connectivity index (χ4n) is 1.82. The second kappa shape index (κ2) is 4.61. The predicted octanol–water partition coefficient (Wildman–Crippen LogP) is 1.77. The summed E-state index contributed by atoms with van der Waals surface area (Å²) in [6.45, 7) is 0.631. The number of carbonyl (C=O) groups excluding carboxylic acids is 2. The van der Waals surface area contributed by atoms with E-state index in [2.05, 4.69) is 0 Å². The van der Waals surface area contributed by atoms with Crippen molar-refractivity contribution in [3.05, 3.63) is 35.4 Å². The SMILES string of the molecule is O=C1CCN(C(=O)c2cc(F)cc(F)c2)CC1. The molecular formula is C12H11F2NO2. The van der Waals surface area contributed by atoms with Gasteiger partial charge in [-0.25, -0.2) is 8.78 Å². The summed E-state index contributed by atoms with van der Waals surface area (Å²) in [4.78, 5) is 24.4. The lowest BCUT2D eigenvalue weighted by Crippen LogP contribution is -2.38. The number of carbonyl (C=O) groups is 2. The number of benzene rings is 1.